The van der Waals surface area contributed by atoms with E-state index < -0.39 is 11.9 Å². The van der Waals surface area contributed by atoms with Crippen molar-refractivity contribution >= 4 is 23.6 Å². The normalized spacial score (nSPS) is 10.8. The van der Waals surface area contributed by atoms with Gasteiger partial charge >= 0.3 is 5.97 Å². The van der Waals surface area contributed by atoms with Crippen LogP contribution in [0.1, 0.15) is 23.0 Å². The van der Waals surface area contributed by atoms with E-state index in [0.717, 1.165) is 5.56 Å². The smallest absolute Gasteiger partial charge is 0.330 e. The lowest BCUT2D eigenvalue weighted by Gasteiger charge is -2.04. The second-order valence-electron chi connectivity index (χ2n) is 5.83. The molecule has 142 valence electrons. The number of anilines is 1. The van der Waals surface area contributed by atoms with Crippen molar-refractivity contribution in [1.82, 2.24) is 0 Å². The first-order valence-electron chi connectivity index (χ1n) is 8.67. The molecule has 0 spiro atoms. The molecule has 3 aromatic rings. The van der Waals surface area contributed by atoms with E-state index in [-0.39, 0.29) is 11.6 Å². The summed E-state index contributed by atoms with van der Waals surface area (Å²) in [7, 11) is 0. The quantitative estimate of drug-likeness (QED) is 0.488. The van der Waals surface area contributed by atoms with E-state index in [4.69, 9.17) is 9.15 Å². The molecule has 0 fully saturated rings. The van der Waals surface area contributed by atoms with Crippen molar-refractivity contribution in [3.8, 4) is 11.3 Å². The third kappa shape index (κ3) is 4.94. The first-order valence-corrected chi connectivity index (χ1v) is 8.67. The second-order valence-corrected chi connectivity index (χ2v) is 5.83. The summed E-state index contributed by atoms with van der Waals surface area (Å²) >= 11 is 0. The molecular formula is C22H18FNO4. The molecule has 0 unspecified atom stereocenters. The summed E-state index contributed by atoms with van der Waals surface area (Å²) in [6.07, 6.45) is 2.97. The highest BCUT2D eigenvalue weighted by Crippen LogP contribution is 2.23. The van der Waals surface area contributed by atoms with Gasteiger partial charge in [0.1, 0.15) is 11.6 Å². The lowest BCUT2D eigenvalue weighted by Crippen LogP contribution is -2.10. The minimum Gasteiger partial charge on any atom is -0.463 e. The highest BCUT2D eigenvalue weighted by molar-refractivity contribution is 6.02. The van der Waals surface area contributed by atoms with E-state index in [1.165, 1.54) is 18.2 Å². The van der Waals surface area contributed by atoms with Gasteiger partial charge in [-0.05, 0) is 67.1 Å². The number of hydrogen-bond donors (Lipinski definition) is 1. The van der Waals surface area contributed by atoms with Gasteiger partial charge in [-0.1, -0.05) is 12.1 Å². The van der Waals surface area contributed by atoms with Crippen LogP contribution in [0.15, 0.2) is 71.2 Å². The van der Waals surface area contributed by atoms with Crippen molar-refractivity contribution in [2.24, 2.45) is 0 Å². The Labute approximate surface area is 161 Å². The van der Waals surface area contributed by atoms with Crippen molar-refractivity contribution in [2.75, 3.05) is 11.9 Å². The Morgan fingerprint density at radius 3 is 2.43 bits per heavy atom. The molecule has 1 N–H and O–H groups in total. The van der Waals surface area contributed by atoms with Crippen molar-refractivity contribution in [1.29, 1.82) is 0 Å². The fourth-order valence-electron chi connectivity index (χ4n) is 2.45. The molecule has 6 heteroatoms. The van der Waals surface area contributed by atoms with Gasteiger partial charge in [-0.3, -0.25) is 4.79 Å². The van der Waals surface area contributed by atoms with Gasteiger partial charge in [-0.15, -0.1) is 0 Å². The molecule has 2 aromatic carbocycles. The number of hydrogen-bond acceptors (Lipinski definition) is 4. The van der Waals surface area contributed by atoms with Gasteiger partial charge < -0.3 is 14.5 Å². The van der Waals surface area contributed by atoms with E-state index >= 15 is 0 Å². The molecule has 0 bridgehead atoms. The topological polar surface area (TPSA) is 68.5 Å². The summed E-state index contributed by atoms with van der Waals surface area (Å²) in [5.41, 5.74) is 2.05. The Morgan fingerprint density at radius 1 is 1.04 bits per heavy atom. The molecule has 28 heavy (non-hydrogen) atoms. The van der Waals surface area contributed by atoms with Crippen LogP contribution >= 0.6 is 0 Å². The molecule has 0 radical (unpaired) electrons. The number of amides is 1. The predicted molar refractivity (Wildman–Crippen MR) is 104 cm³/mol. The van der Waals surface area contributed by atoms with Crippen LogP contribution in [0, 0.1) is 5.82 Å². The maximum Gasteiger partial charge on any atom is 0.330 e. The lowest BCUT2D eigenvalue weighted by molar-refractivity contribution is -0.137. The minimum atomic E-state index is -0.408. The van der Waals surface area contributed by atoms with Gasteiger partial charge in [0.2, 0.25) is 0 Å². The summed E-state index contributed by atoms with van der Waals surface area (Å²) in [5, 5.41) is 2.74. The maximum atomic E-state index is 13.0. The largest absolute Gasteiger partial charge is 0.463 e. The van der Waals surface area contributed by atoms with Gasteiger partial charge in [-0.25, -0.2) is 9.18 Å². The molecule has 3 rings (SSSR count). The molecular weight excluding hydrogens is 361 g/mol. The number of nitrogens with one attached hydrogen (secondary N) is 1. The average molecular weight is 379 g/mol. The number of halogens is 1. The number of ether oxygens (including phenoxy) is 1. The van der Waals surface area contributed by atoms with Gasteiger partial charge in [0.25, 0.3) is 5.91 Å². The summed E-state index contributed by atoms with van der Waals surface area (Å²) in [6, 6.07) is 16.0. The Morgan fingerprint density at radius 2 is 1.75 bits per heavy atom. The van der Waals surface area contributed by atoms with Crippen LogP contribution in [0.2, 0.25) is 0 Å². The first-order chi connectivity index (χ1) is 13.5. The molecule has 5 nitrogen and oxygen atoms in total. The molecule has 0 aliphatic carbocycles. The lowest BCUT2D eigenvalue weighted by atomic mass is 10.2. The third-order valence-electron chi connectivity index (χ3n) is 3.83. The Kier molecular flexibility index (Phi) is 6.01. The molecule has 0 saturated heterocycles. The zero-order chi connectivity index (χ0) is 19.9. The van der Waals surface area contributed by atoms with Crippen molar-refractivity contribution in [2.45, 2.75) is 6.92 Å². The van der Waals surface area contributed by atoms with Crippen LogP contribution in [-0.2, 0) is 9.53 Å². The molecule has 1 heterocycles. The molecule has 0 atom stereocenters. The highest BCUT2D eigenvalue weighted by atomic mass is 19.1. The van der Waals surface area contributed by atoms with E-state index in [9.17, 15) is 14.0 Å². The zero-order valence-electron chi connectivity index (χ0n) is 15.1. The number of benzene rings is 2. The fourth-order valence-corrected chi connectivity index (χ4v) is 2.45. The number of carbonyl (C=O) groups excluding carboxylic acids is 2. The summed E-state index contributed by atoms with van der Waals surface area (Å²) in [5.74, 6) is -0.526. The standard InChI is InChI=1S/C22H18FNO4/c1-2-27-21(25)14-5-15-3-10-18(11-4-15)24-22(26)20-13-12-19(28-20)16-6-8-17(23)9-7-16/h3-14H,2H2,1H3,(H,24,26)/b14-5+. The predicted octanol–water partition coefficient (Wildman–Crippen LogP) is 4.91. The van der Waals surface area contributed by atoms with Gasteiger partial charge in [0, 0.05) is 17.3 Å². The van der Waals surface area contributed by atoms with Crippen LogP contribution in [0.4, 0.5) is 10.1 Å². The summed E-state index contributed by atoms with van der Waals surface area (Å²) < 4.78 is 23.4. The van der Waals surface area contributed by atoms with Crippen LogP contribution < -0.4 is 5.32 Å². The van der Waals surface area contributed by atoms with E-state index in [2.05, 4.69) is 5.32 Å². The van der Waals surface area contributed by atoms with Crippen molar-refractivity contribution in [3.05, 3.63) is 83.9 Å². The molecule has 0 aliphatic rings. The van der Waals surface area contributed by atoms with Crippen LogP contribution in [-0.4, -0.2) is 18.5 Å². The maximum absolute atomic E-state index is 13.0. The SMILES string of the molecule is CCOC(=O)/C=C/c1ccc(NC(=O)c2ccc(-c3ccc(F)cc3)o2)cc1. The monoisotopic (exact) mass is 379 g/mol. The Balaban J connectivity index is 1.63. The van der Waals surface area contributed by atoms with Gasteiger partial charge in [-0.2, -0.15) is 0 Å². The molecule has 0 aliphatic heterocycles. The average Bonchev–Trinajstić information content (AvgIpc) is 3.19. The number of rotatable bonds is 6. The fraction of sp³-hybridized carbons (Fsp3) is 0.0909. The third-order valence-corrected chi connectivity index (χ3v) is 3.83. The number of esters is 1. The molecule has 0 saturated carbocycles. The number of furan rings is 1. The van der Waals surface area contributed by atoms with Gasteiger partial charge in [0.05, 0.1) is 6.61 Å². The minimum absolute atomic E-state index is 0.144. The highest BCUT2D eigenvalue weighted by Gasteiger charge is 2.12. The Bertz CT molecular complexity index is 988. The molecule has 1 aromatic heterocycles. The first kappa shape index (κ1) is 19.1. The van der Waals surface area contributed by atoms with E-state index in [1.54, 1.807) is 61.5 Å². The van der Waals surface area contributed by atoms with Crippen LogP contribution in [0.25, 0.3) is 17.4 Å². The zero-order valence-corrected chi connectivity index (χ0v) is 15.1. The summed E-state index contributed by atoms with van der Waals surface area (Å²) in [4.78, 5) is 23.7. The van der Waals surface area contributed by atoms with E-state index in [1.807, 2.05) is 0 Å². The number of carbonyl (C=O) groups is 2. The van der Waals surface area contributed by atoms with Crippen molar-refractivity contribution < 1.29 is 23.1 Å². The molecule has 1 amide bonds. The van der Waals surface area contributed by atoms with Crippen LogP contribution in [0.5, 0.6) is 0 Å². The van der Waals surface area contributed by atoms with Gasteiger partial charge in [0.15, 0.2) is 5.76 Å². The second kappa shape index (κ2) is 8.81. The van der Waals surface area contributed by atoms with Crippen molar-refractivity contribution in [3.63, 3.8) is 0 Å². The Hall–Kier alpha value is -3.67. The van der Waals surface area contributed by atoms with E-state index in [0.29, 0.717) is 23.6 Å². The summed E-state index contributed by atoms with van der Waals surface area (Å²) in [6.45, 7) is 2.06. The van der Waals surface area contributed by atoms with Crippen LogP contribution in [0.3, 0.4) is 0 Å².